The largest absolute Gasteiger partial charge is 1.00 e. The van der Waals surface area contributed by atoms with Crippen LogP contribution in [0.4, 0.5) is 0 Å². The molecule has 2 heterocycles. The monoisotopic (exact) mass is 254 g/mol. The van der Waals surface area contributed by atoms with E-state index in [9.17, 15) is 0 Å². The van der Waals surface area contributed by atoms with Crippen molar-refractivity contribution < 1.29 is 48.1 Å². The minimum absolute atomic E-state index is 0. The van der Waals surface area contributed by atoms with Gasteiger partial charge in [-0.1, -0.05) is 24.3 Å². The van der Waals surface area contributed by atoms with E-state index in [1.165, 1.54) is 0 Å². The van der Waals surface area contributed by atoms with Crippen molar-refractivity contribution in [2.45, 2.75) is 0 Å². The number of benzene rings is 1. The normalized spacial score (nSPS) is 9.50. The van der Waals surface area contributed by atoms with Gasteiger partial charge in [-0.05, 0) is 12.1 Å². The van der Waals surface area contributed by atoms with E-state index < -0.39 is 0 Å². The first-order valence-corrected chi connectivity index (χ1v) is 4.53. The third kappa shape index (κ3) is 2.32. The fraction of sp³-hybridized carbons (Fsp3) is 0. The number of fused-ring (bicyclic) bond motifs is 3. The van der Waals surface area contributed by atoms with Crippen LogP contribution in [0.2, 0.25) is 0 Å². The standard InChI is InChI=1S/C12H8N2.Na.V/c1-3-9-5-6-10-4-2-8-14-12(10)11(9)13-7-1;;/h1-8H;;/q;+1;. The summed E-state index contributed by atoms with van der Waals surface area (Å²) in [6.45, 7) is 0. The second-order valence-corrected chi connectivity index (χ2v) is 3.22. The first kappa shape index (κ1) is 13.7. The average molecular weight is 254 g/mol. The van der Waals surface area contributed by atoms with E-state index in [1.807, 2.05) is 12.1 Å². The van der Waals surface area contributed by atoms with E-state index >= 15 is 0 Å². The van der Waals surface area contributed by atoms with Crippen LogP contribution in [-0.2, 0) is 18.6 Å². The smallest absolute Gasteiger partial charge is 0.254 e. The maximum Gasteiger partial charge on any atom is 1.00 e. The van der Waals surface area contributed by atoms with Crippen molar-refractivity contribution in [3.05, 3.63) is 48.8 Å². The Morgan fingerprint density at radius 2 is 1.12 bits per heavy atom. The number of aromatic nitrogens is 2. The Labute approximate surface area is 128 Å². The molecule has 1 radical (unpaired) electrons. The Bertz CT molecular complexity index is 558. The van der Waals surface area contributed by atoms with Gasteiger partial charge in [-0.2, -0.15) is 0 Å². The Morgan fingerprint density at radius 3 is 1.56 bits per heavy atom. The van der Waals surface area contributed by atoms with Gasteiger partial charge in [0.05, 0.1) is 11.0 Å². The first-order chi connectivity index (χ1) is 6.95. The van der Waals surface area contributed by atoms with E-state index in [2.05, 4.69) is 34.2 Å². The number of hydrogen-bond donors (Lipinski definition) is 0. The van der Waals surface area contributed by atoms with Crippen LogP contribution in [-0.4, -0.2) is 9.97 Å². The van der Waals surface area contributed by atoms with Gasteiger partial charge >= 0.3 is 29.6 Å². The topological polar surface area (TPSA) is 25.8 Å². The van der Waals surface area contributed by atoms with Crippen molar-refractivity contribution in [2.75, 3.05) is 0 Å². The summed E-state index contributed by atoms with van der Waals surface area (Å²) < 4.78 is 0. The molecule has 0 amide bonds. The van der Waals surface area contributed by atoms with Crippen molar-refractivity contribution in [3.8, 4) is 0 Å². The molecule has 3 aromatic rings. The average Bonchev–Trinajstić information content (AvgIpc) is 2.29. The molecule has 0 aliphatic carbocycles. The van der Waals surface area contributed by atoms with E-state index in [-0.39, 0.29) is 48.1 Å². The summed E-state index contributed by atoms with van der Waals surface area (Å²) in [5.74, 6) is 0. The minimum Gasteiger partial charge on any atom is -0.254 e. The van der Waals surface area contributed by atoms with Crippen LogP contribution < -0.4 is 29.6 Å². The molecule has 3 rings (SSSR count). The zero-order chi connectivity index (χ0) is 9.38. The third-order valence-electron chi connectivity index (χ3n) is 2.34. The van der Waals surface area contributed by atoms with Gasteiger partial charge in [0, 0.05) is 41.7 Å². The van der Waals surface area contributed by atoms with Gasteiger partial charge in [-0.15, -0.1) is 0 Å². The molecule has 0 aliphatic heterocycles. The fourth-order valence-electron chi connectivity index (χ4n) is 1.68. The molecule has 0 saturated heterocycles. The molecule has 71 valence electrons. The summed E-state index contributed by atoms with van der Waals surface area (Å²) in [7, 11) is 0. The first-order valence-electron chi connectivity index (χ1n) is 4.53. The predicted octanol–water partition coefficient (Wildman–Crippen LogP) is -0.216. The van der Waals surface area contributed by atoms with Gasteiger partial charge in [0.1, 0.15) is 0 Å². The summed E-state index contributed by atoms with van der Waals surface area (Å²) in [6.07, 6.45) is 3.60. The van der Waals surface area contributed by atoms with Crippen LogP contribution in [0.25, 0.3) is 21.8 Å². The zero-order valence-corrected chi connectivity index (χ0v) is 12.4. The molecule has 0 spiro atoms. The molecule has 0 aliphatic rings. The molecule has 1 aromatic carbocycles. The van der Waals surface area contributed by atoms with Crippen molar-refractivity contribution in [1.82, 2.24) is 9.97 Å². The summed E-state index contributed by atoms with van der Waals surface area (Å²) in [5, 5.41) is 2.28. The van der Waals surface area contributed by atoms with Gasteiger partial charge in [0.2, 0.25) is 0 Å². The molecule has 0 unspecified atom stereocenters. The van der Waals surface area contributed by atoms with E-state index in [1.54, 1.807) is 12.4 Å². The summed E-state index contributed by atoms with van der Waals surface area (Å²) in [4.78, 5) is 8.69. The van der Waals surface area contributed by atoms with Crippen LogP contribution in [0.1, 0.15) is 0 Å². The van der Waals surface area contributed by atoms with Gasteiger partial charge in [-0.3, -0.25) is 9.97 Å². The molecule has 0 N–H and O–H groups in total. The Morgan fingerprint density at radius 1 is 0.688 bits per heavy atom. The third-order valence-corrected chi connectivity index (χ3v) is 2.34. The summed E-state index contributed by atoms with van der Waals surface area (Å²) >= 11 is 0. The molecular weight excluding hydrogens is 246 g/mol. The quantitative estimate of drug-likeness (QED) is 0.409. The van der Waals surface area contributed by atoms with Crippen molar-refractivity contribution in [1.29, 1.82) is 0 Å². The molecule has 4 heteroatoms. The van der Waals surface area contributed by atoms with Gasteiger partial charge in [0.15, 0.2) is 0 Å². The van der Waals surface area contributed by atoms with Crippen LogP contribution in [0.3, 0.4) is 0 Å². The van der Waals surface area contributed by atoms with E-state index in [0.717, 1.165) is 21.8 Å². The van der Waals surface area contributed by atoms with Gasteiger partial charge < -0.3 is 0 Å². The number of hydrogen-bond acceptors (Lipinski definition) is 2. The van der Waals surface area contributed by atoms with Crippen molar-refractivity contribution >= 4 is 21.8 Å². The second-order valence-electron chi connectivity index (χ2n) is 3.22. The molecule has 0 saturated carbocycles. The van der Waals surface area contributed by atoms with E-state index in [4.69, 9.17) is 0 Å². The van der Waals surface area contributed by atoms with Gasteiger partial charge in [-0.25, -0.2) is 0 Å². The summed E-state index contributed by atoms with van der Waals surface area (Å²) in [5.41, 5.74) is 1.95. The van der Waals surface area contributed by atoms with Crippen molar-refractivity contribution in [2.24, 2.45) is 0 Å². The molecule has 0 fully saturated rings. The molecular formula is C12H8N2NaV+. The van der Waals surface area contributed by atoms with Crippen LogP contribution in [0.5, 0.6) is 0 Å². The SMILES string of the molecule is [Na+].[V].c1cnc2c(c1)ccc1cccnc12. The summed E-state index contributed by atoms with van der Waals surface area (Å²) in [6, 6.07) is 12.1. The molecule has 0 atom stereocenters. The van der Waals surface area contributed by atoms with Crippen LogP contribution in [0.15, 0.2) is 48.8 Å². The molecule has 2 aromatic heterocycles. The maximum absolute atomic E-state index is 4.35. The Kier molecular flexibility index (Phi) is 4.97. The number of rotatable bonds is 0. The molecule has 0 bridgehead atoms. The molecule has 2 nitrogen and oxygen atoms in total. The fourth-order valence-corrected chi connectivity index (χ4v) is 1.68. The van der Waals surface area contributed by atoms with E-state index in [0.29, 0.717) is 0 Å². The zero-order valence-electron chi connectivity index (χ0n) is 8.96. The molecule has 16 heavy (non-hydrogen) atoms. The maximum atomic E-state index is 4.35. The number of pyridine rings is 2. The minimum atomic E-state index is 0. The van der Waals surface area contributed by atoms with Crippen LogP contribution in [0, 0.1) is 0 Å². The Balaban J connectivity index is 0.000000640. The Hall–Kier alpha value is -0.376. The van der Waals surface area contributed by atoms with Gasteiger partial charge in [0.25, 0.3) is 0 Å². The predicted molar refractivity (Wildman–Crippen MR) is 57.0 cm³/mol. The van der Waals surface area contributed by atoms with Crippen molar-refractivity contribution in [3.63, 3.8) is 0 Å². The number of nitrogens with zero attached hydrogens (tertiary/aromatic N) is 2. The van der Waals surface area contributed by atoms with Crippen LogP contribution >= 0.6 is 0 Å². The second kappa shape index (κ2) is 5.81.